The first-order valence-corrected chi connectivity index (χ1v) is 7.34. The van der Waals surface area contributed by atoms with Crippen LogP contribution in [0.2, 0.25) is 0 Å². The van der Waals surface area contributed by atoms with Gasteiger partial charge in [0, 0.05) is 18.9 Å². The number of methoxy groups -OCH3 is 1. The van der Waals surface area contributed by atoms with Crippen LogP contribution < -0.4 is 10.1 Å². The van der Waals surface area contributed by atoms with Crippen LogP contribution in [0.1, 0.15) is 11.1 Å². The van der Waals surface area contributed by atoms with Crippen molar-refractivity contribution in [1.29, 1.82) is 0 Å². The summed E-state index contributed by atoms with van der Waals surface area (Å²) in [5.74, 6) is 0.765. The minimum Gasteiger partial charge on any atom is -0.497 e. The van der Waals surface area contributed by atoms with Crippen molar-refractivity contribution in [3.63, 3.8) is 0 Å². The van der Waals surface area contributed by atoms with Crippen LogP contribution >= 0.6 is 0 Å². The Morgan fingerprint density at radius 1 is 1.00 bits per heavy atom. The first kappa shape index (κ1) is 15.0. The van der Waals surface area contributed by atoms with E-state index in [2.05, 4.69) is 15.3 Å². The molecule has 3 aromatic rings. The number of carbonyl (C=O) groups is 1. The van der Waals surface area contributed by atoms with E-state index in [4.69, 9.17) is 4.74 Å². The lowest BCUT2D eigenvalue weighted by Gasteiger charge is -2.07. The highest BCUT2D eigenvalue weighted by molar-refractivity contribution is 5.79. The molecule has 5 nitrogen and oxygen atoms in total. The summed E-state index contributed by atoms with van der Waals surface area (Å²) in [5, 5.41) is 2.92. The number of benzene rings is 2. The fourth-order valence-corrected chi connectivity index (χ4v) is 2.31. The van der Waals surface area contributed by atoms with E-state index < -0.39 is 0 Å². The highest BCUT2D eigenvalue weighted by Crippen LogP contribution is 2.12. The van der Waals surface area contributed by atoms with Gasteiger partial charge in [0.15, 0.2) is 0 Å². The van der Waals surface area contributed by atoms with Crippen LogP contribution in [-0.4, -0.2) is 23.0 Å². The van der Waals surface area contributed by atoms with Crippen LogP contribution in [0.4, 0.5) is 0 Å². The third-order valence-electron chi connectivity index (χ3n) is 3.55. The number of nitrogens with one attached hydrogen (secondary N) is 1. The topological polar surface area (TPSA) is 64.1 Å². The van der Waals surface area contributed by atoms with E-state index in [9.17, 15) is 4.79 Å². The lowest BCUT2D eigenvalue weighted by atomic mass is 10.1. The summed E-state index contributed by atoms with van der Waals surface area (Å²) < 4.78 is 5.10. The summed E-state index contributed by atoms with van der Waals surface area (Å²) in [5.41, 5.74) is 3.63. The lowest BCUT2D eigenvalue weighted by molar-refractivity contribution is -0.120. The number of aromatic nitrogens is 2. The van der Waals surface area contributed by atoms with Crippen LogP contribution in [0.15, 0.2) is 54.9 Å². The number of ether oxygens (including phenoxy) is 1. The Bertz CT molecular complexity index is 816. The van der Waals surface area contributed by atoms with E-state index in [-0.39, 0.29) is 5.91 Å². The maximum absolute atomic E-state index is 12.0. The van der Waals surface area contributed by atoms with Gasteiger partial charge in [0.25, 0.3) is 0 Å². The van der Waals surface area contributed by atoms with Crippen molar-refractivity contribution in [2.45, 2.75) is 13.0 Å². The van der Waals surface area contributed by atoms with Crippen LogP contribution in [0.25, 0.3) is 11.0 Å². The van der Waals surface area contributed by atoms with Gasteiger partial charge in [0.2, 0.25) is 5.91 Å². The number of rotatable bonds is 5. The molecule has 3 rings (SSSR count). The fraction of sp³-hybridized carbons (Fsp3) is 0.167. The van der Waals surface area contributed by atoms with Gasteiger partial charge in [-0.3, -0.25) is 14.8 Å². The molecule has 2 aromatic carbocycles. The molecule has 0 aliphatic rings. The number of carbonyl (C=O) groups excluding carboxylic acids is 1. The second-order valence-electron chi connectivity index (χ2n) is 5.18. The molecule has 0 aliphatic heterocycles. The second-order valence-corrected chi connectivity index (χ2v) is 5.18. The number of hydrogen-bond donors (Lipinski definition) is 1. The molecule has 1 N–H and O–H groups in total. The molecule has 23 heavy (non-hydrogen) atoms. The molecule has 0 spiro atoms. The van der Waals surface area contributed by atoms with E-state index in [0.717, 1.165) is 27.9 Å². The average molecular weight is 307 g/mol. The predicted octanol–water partition coefficient (Wildman–Crippen LogP) is 2.50. The summed E-state index contributed by atoms with van der Waals surface area (Å²) >= 11 is 0. The molecule has 0 aliphatic carbocycles. The quantitative estimate of drug-likeness (QED) is 0.786. The third kappa shape index (κ3) is 3.83. The van der Waals surface area contributed by atoms with Crippen LogP contribution in [0.5, 0.6) is 5.75 Å². The molecule has 0 saturated carbocycles. The Kier molecular flexibility index (Phi) is 4.47. The van der Waals surface area contributed by atoms with Gasteiger partial charge in [-0.1, -0.05) is 18.2 Å². The molecular formula is C18H17N3O2. The molecule has 1 heterocycles. The van der Waals surface area contributed by atoms with E-state index in [0.29, 0.717) is 13.0 Å². The van der Waals surface area contributed by atoms with E-state index in [1.165, 1.54) is 0 Å². The molecule has 0 atom stereocenters. The molecular weight excluding hydrogens is 290 g/mol. The minimum atomic E-state index is -0.0191. The SMILES string of the molecule is COc1ccc(CC(=O)NCc2ccc3nccnc3c2)cc1. The van der Waals surface area contributed by atoms with Crippen LogP contribution in [-0.2, 0) is 17.8 Å². The Morgan fingerprint density at radius 2 is 1.70 bits per heavy atom. The Balaban J connectivity index is 1.58. The molecule has 0 fully saturated rings. The zero-order valence-electron chi connectivity index (χ0n) is 12.8. The normalized spacial score (nSPS) is 10.5. The van der Waals surface area contributed by atoms with Crippen molar-refractivity contribution in [1.82, 2.24) is 15.3 Å². The van der Waals surface area contributed by atoms with Gasteiger partial charge in [-0.25, -0.2) is 0 Å². The maximum Gasteiger partial charge on any atom is 0.224 e. The Labute approximate surface area is 134 Å². The summed E-state index contributed by atoms with van der Waals surface area (Å²) in [6.45, 7) is 0.474. The van der Waals surface area contributed by atoms with E-state index >= 15 is 0 Å². The first-order chi connectivity index (χ1) is 11.2. The zero-order valence-corrected chi connectivity index (χ0v) is 12.8. The molecule has 0 saturated heterocycles. The largest absolute Gasteiger partial charge is 0.497 e. The summed E-state index contributed by atoms with van der Waals surface area (Å²) in [4.78, 5) is 20.5. The van der Waals surface area contributed by atoms with Gasteiger partial charge in [0.1, 0.15) is 5.75 Å². The Morgan fingerprint density at radius 3 is 2.43 bits per heavy atom. The summed E-state index contributed by atoms with van der Waals surface area (Å²) in [6.07, 6.45) is 3.67. The minimum absolute atomic E-state index is 0.0191. The standard InChI is InChI=1S/C18H17N3O2/c1-23-15-5-2-13(3-6-15)11-18(22)21-12-14-4-7-16-17(10-14)20-9-8-19-16/h2-10H,11-12H2,1H3,(H,21,22). The molecule has 0 radical (unpaired) electrons. The molecule has 0 bridgehead atoms. The summed E-state index contributed by atoms with van der Waals surface area (Å²) in [7, 11) is 1.62. The number of nitrogens with zero attached hydrogens (tertiary/aromatic N) is 2. The monoisotopic (exact) mass is 307 g/mol. The van der Waals surface area contributed by atoms with Gasteiger partial charge >= 0.3 is 0 Å². The molecule has 1 amide bonds. The third-order valence-corrected chi connectivity index (χ3v) is 3.55. The molecule has 0 unspecified atom stereocenters. The average Bonchev–Trinajstić information content (AvgIpc) is 2.60. The van der Waals surface area contributed by atoms with Gasteiger partial charge < -0.3 is 10.1 Å². The van der Waals surface area contributed by atoms with Crippen molar-refractivity contribution >= 4 is 16.9 Å². The summed E-state index contributed by atoms with van der Waals surface area (Å²) in [6, 6.07) is 13.3. The smallest absolute Gasteiger partial charge is 0.224 e. The maximum atomic E-state index is 12.0. The fourth-order valence-electron chi connectivity index (χ4n) is 2.31. The molecule has 116 valence electrons. The Hall–Kier alpha value is -2.95. The number of amides is 1. The van der Waals surface area contributed by atoms with Gasteiger partial charge in [-0.2, -0.15) is 0 Å². The second kappa shape index (κ2) is 6.87. The van der Waals surface area contributed by atoms with Crippen molar-refractivity contribution in [2.24, 2.45) is 0 Å². The van der Waals surface area contributed by atoms with Crippen molar-refractivity contribution in [2.75, 3.05) is 7.11 Å². The zero-order chi connectivity index (χ0) is 16.1. The highest BCUT2D eigenvalue weighted by Gasteiger charge is 2.05. The van der Waals surface area contributed by atoms with Gasteiger partial charge in [0.05, 0.1) is 24.6 Å². The van der Waals surface area contributed by atoms with Crippen molar-refractivity contribution in [3.8, 4) is 5.75 Å². The predicted molar refractivity (Wildman–Crippen MR) is 88.1 cm³/mol. The highest BCUT2D eigenvalue weighted by atomic mass is 16.5. The van der Waals surface area contributed by atoms with Crippen LogP contribution in [0.3, 0.4) is 0 Å². The van der Waals surface area contributed by atoms with Gasteiger partial charge in [-0.05, 0) is 35.4 Å². The van der Waals surface area contributed by atoms with Crippen molar-refractivity contribution in [3.05, 3.63) is 66.0 Å². The van der Waals surface area contributed by atoms with E-state index in [1.54, 1.807) is 19.5 Å². The number of fused-ring (bicyclic) bond motifs is 1. The van der Waals surface area contributed by atoms with Gasteiger partial charge in [-0.15, -0.1) is 0 Å². The molecule has 1 aromatic heterocycles. The number of hydrogen-bond acceptors (Lipinski definition) is 4. The molecule has 5 heteroatoms. The lowest BCUT2D eigenvalue weighted by Crippen LogP contribution is -2.24. The van der Waals surface area contributed by atoms with Crippen molar-refractivity contribution < 1.29 is 9.53 Å². The van der Waals surface area contributed by atoms with Crippen LogP contribution in [0, 0.1) is 0 Å². The van der Waals surface area contributed by atoms with E-state index in [1.807, 2.05) is 42.5 Å². The first-order valence-electron chi connectivity index (χ1n) is 7.34.